The number of benzene rings is 1. The first-order valence-corrected chi connectivity index (χ1v) is 9.76. The molecule has 3 aliphatic rings. The first kappa shape index (κ1) is 18.3. The first-order chi connectivity index (χ1) is 13.0. The van der Waals surface area contributed by atoms with E-state index in [0.29, 0.717) is 12.1 Å². The summed E-state index contributed by atoms with van der Waals surface area (Å²) in [5.74, 6) is -0.225. The molecule has 1 aromatic carbocycles. The topological polar surface area (TPSA) is 73.9 Å². The Labute approximate surface area is 160 Å². The van der Waals surface area contributed by atoms with E-state index in [0.717, 1.165) is 61.7 Å². The molecule has 4 rings (SSSR count). The molecule has 27 heavy (non-hydrogen) atoms. The molecule has 146 valence electrons. The largest absolute Gasteiger partial charge is 0.382 e. The van der Waals surface area contributed by atoms with Gasteiger partial charge in [0, 0.05) is 44.5 Å². The highest BCUT2D eigenvalue weighted by atomic mass is 16.5. The molecule has 0 radical (unpaired) electrons. The monoisotopic (exact) mass is 372 g/mol. The molecule has 0 spiro atoms. The van der Waals surface area contributed by atoms with Gasteiger partial charge in [-0.3, -0.25) is 14.6 Å². The maximum absolute atomic E-state index is 12.4. The molecule has 2 unspecified atom stereocenters. The molecule has 0 saturated carbocycles. The van der Waals surface area contributed by atoms with Crippen LogP contribution >= 0.6 is 0 Å². The van der Waals surface area contributed by atoms with E-state index in [2.05, 4.69) is 15.5 Å². The quantitative estimate of drug-likeness (QED) is 0.788. The zero-order chi connectivity index (χ0) is 19.0. The van der Waals surface area contributed by atoms with Crippen molar-refractivity contribution in [3.63, 3.8) is 0 Å². The normalized spacial score (nSPS) is 30.0. The van der Waals surface area contributed by atoms with Gasteiger partial charge in [-0.1, -0.05) is 12.1 Å². The van der Waals surface area contributed by atoms with Crippen LogP contribution in [0.2, 0.25) is 0 Å². The number of imide groups is 1. The Bertz CT molecular complexity index is 708. The number of carbonyl (C=O) groups excluding carboxylic acids is 2. The Morgan fingerprint density at radius 2 is 1.85 bits per heavy atom. The van der Waals surface area contributed by atoms with Gasteiger partial charge in [0.25, 0.3) is 5.91 Å². The lowest BCUT2D eigenvalue weighted by molar-refractivity contribution is -0.130. The van der Waals surface area contributed by atoms with Gasteiger partial charge in [0.15, 0.2) is 0 Å². The summed E-state index contributed by atoms with van der Waals surface area (Å²) in [5.41, 5.74) is 0.862. The predicted octanol–water partition coefficient (Wildman–Crippen LogP) is 1.75. The van der Waals surface area contributed by atoms with Crippen molar-refractivity contribution in [2.45, 2.75) is 43.8 Å². The molecule has 2 atom stereocenters. The fourth-order valence-electron chi connectivity index (χ4n) is 4.33. The van der Waals surface area contributed by atoms with Gasteiger partial charge in [0.05, 0.1) is 6.61 Å². The van der Waals surface area contributed by atoms with Gasteiger partial charge in [-0.2, -0.15) is 0 Å². The number of piperidine rings is 1. The number of likely N-dealkylation sites (tertiary alicyclic amines) is 1. The van der Waals surface area contributed by atoms with Gasteiger partial charge in [0.1, 0.15) is 5.54 Å². The van der Waals surface area contributed by atoms with Crippen LogP contribution in [0, 0.1) is 0 Å². The summed E-state index contributed by atoms with van der Waals surface area (Å²) in [6.07, 6.45) is 3.40. The molecule has 2 N–H and O–H groups in total. The highest BCUT2D eigenvalue weighted by molar-refractivity contribution is 6.06. The number of urea groups is 1. The second-order valence-corrected chi connectivity index (χ2v) is 7.97. The number of likely N-dealkylation sites (N-methyl/N-ethyl adjacent to an activating group) is 1. The van der Waals surface area contributed by atoms with Crippen molar-refractivity contribution < 1.29 is 14.3 Å². The average Bonchev–Trinajstić information content (AvgIpc) is 3.28. The van der Waals surface area contributed by atoms with Crippen LogP contribution in [-0.2, 0) is 15.1 Å². The zero-order valence-corrected chi connectivity index (χ0v) is 16.0. The van der Waals surface area contributed by atoms with Gasteiger partial charge in [-0.15, -0.1) is 0 Å². The molecule has 0 aromatic heterocycles. The van der Waals surface area contributed by atoms with E-state index in [1.165, 1.54) is 7.05 Å². The van der Waals surface area contributed by atoms with Crippen molar-refractivity contribution in [2.24, 2.45) is 0 Å². The second-order valence-electron chi connectivity index (χ2n) is 7.97. The molecule has 3 aliphatic heterocycles. The Hall–Kier alpha value is -2.12. The van der Waals surface area contributed by atoms with Crippen LogP contribution in [0.5, 0.6) is 0 Å². The summed E-state index contributed by atoms with van der Waals surface area (Å²) in [7, 11) is 1.50. The van der Waals surface area contributed by atoms with Gasteiger partial charge >= 0.3 is 6.03 Å². The van der Waals surface area contributed by atoms with Crippen LogP contribution in [0.4, 0.5) is 10.5 Å². The number of carbonyl (C=O) groups is 2. The number of nitrogens with zero attached hydrogens (tertiary/aromatic N) is 2. The summed E-state index contributed by atoms with van der Waals surface area (Å²) in [6, 6.07) is 8.54. The fourth-order valence-corrected chi connectivity index (χ4v) is 4.33. The molecule has 0 bridgehead atoms. The number of amides is 3. The van der Waals surface area contributed by atoms with Gasteiger partial charge < -0.3 is 15.4 Å². The third kappa shape index (κ3) is 3.41. The summed E-state index contributed by atoms with van der Waals surface area (Å²) in [4.78, 5) is 27.9. The zero-order valence-electron chi connectivity index (χ0n) is 16.0. The third-order valence-corrected chi connectivity index (χ3v) is 6.18. The van der Waals surface area contributed by atoms with Crippen LogP contribution in [0.15, 0.2) is 24.3 Å². The van der Waals surface area contributed by atoms with Crippen LogP contribution in [0.3, 0.4) is 0 Å². The van der Waals surface area contributed by atoms with Crippen LogP contribution in [0.1, 0.15) is 31.7 Å². The fraction of sp³-hybridized carbons (Fsp3) is 0.600. The SMILES string of the molecule is CN1C(=O)NC(C)(c2ccc(NC3CCN(C4CCOC4)CC3)cc2)C1=O. The Balaban J connectivity index is 1.35. The molecule has 0 aliphatic carbocycles. The molecule has 3 saturated heterocycles. The van der Waals surface area contributed by atoms with Crippen molar-refractivity contribution in [3.05, 3.63) is 29.8 Å². The van der Waals surface area contributed by atoms with Crippen molar-refractivity contribution in [3.8, 4) is 0 Å². The molecule has 3 fully saturated rings. The lowest BCUT2D eigenvalue weighted by Gasteiger charge is -2.36. The van der Waals surface area contributed by atoms with Crippen LogP contribution < -0.4 is 10.6 Å². The predicted molar refractivity (Wildman–Crippen MR) is 103 cm³/mol. The van der Waals surface area contributed by atoms with Crippen LogP contribution in [0.25, 0.3) is 0 Å². The highest BCUT2D eigenvalue weighted by Crippen LogP contribution is 2.29. The molecular weight excluding hydrogens is 344 g/mol. The van der Waals surface area contributed by atoms with Crippen molar-refractivity contribution in [1.29, 1.82) is 0 Å². The second kappa shape index (κ2) is 7.13. The number of nitrogens with one attached hydrogen (secondary N) is 2. The van der Waals surface area contributed by atoms with E-state index in [4.69, 9.17) is 4.74 Å². The van der Waals surface area contributed by atoms with Gasteiger partial charge in [-0.25, -0.2) is 4.79 Å². The van der Waals surface area contributed by atoms with Gasteiger partial charge in [-0.05, 0) is 43.9 Å². The Kier molecular flexibility index (Phi) is 4.82. The molecule has 1 aromatic rings. The maximum Gasteiger partial charge on any atom is 0.325 e. The molecule has 3 amide bonds. The van der Waals surface area contributed by atoms with Gasteiger partial charge in [0.2, 0.25) is 0 Å². The molecule has 7 nitrogen and oxygen atoms in total. The maximum atomic E-state index is 12.4. The number of hydrogen-bond donors (Lipinski definition) is 2. The van der Waals surface area contributed by atoms with E-state index in [1.807, 2.05) is 24.3 Å². The number of rotatable bonds is 4. The Morgan fingerprint density at radius 1 is 1.15 bits per heavy atom. The number of anilines is 1. The molecule has 3 heterocycles. The third-order valence-electron chi connectivity index (χ3n) is 6.18. The number of ether oxygens (including phenoxy) is 1. The van der Waals surface area contributed by atoms with Crippen molar-refractivity contribution in [1.82, 2.24) is 15.1 Å². The minimum Gasteiger partial charge on any atom is -0.382 e. The van der Waals surface area contributed by atoms with E-state index >= 15 is 0 Å². The van der Waals surface area contributed by atoms with Crippen molar-refractivity contribution in [2.75, 3.05) is 38.7 Å². The van der Waals surface area contributed by atoms with E-state index < -0.39 is 5.54 Å². The smallest absolute Gasteiger partial charge is 0.325 e. The van der Waals surface area contributed by atoms with Crippen molar-refractivity contribution >= 4 is 17.6 Å². The summed E-state index contributed by atoms with van der Waals surface area (Å²) >= 11 is 0. The lowest BCUT2D eigenvalue weighted by Crippen LogP contribution is -2.44. The van der Waals surface area contributed by atoms with E-state index in [-0.39, 0.29) is 11.9 Å². The minimum atomic E-state index is -0.987. The summed E-state index contributed by atoms with van der Waals surface area (Å²) < 4.78 is 5.50. The van der Waals surface area contributed by atoms with E-state index in [9.17, 15) is 9.59 Å². The average molecular weight is 372 g/mol. The minimum absolute atomic E-state index is 0.225. The molecule has 7 heteroatoms. The van der Waals surface area contributed by atoms with Crippen LogP contribution in [-0.4, -0.2) is 67.2 Å². The van der Waals surface area contributed by atoms with E-state index in [1.54, 1.807) is 6.92 Å². The lowest BCUT2D eigenvalue weighted by atomic mass is 9.92. The highest BCUT2D eigenvalue weighted by Gasteiger charge is 2.47. The first-order valence-electron chi connectivity index (χ1n) is 9.76. The molecular formula is C20H28N4O3. The number of hydrogen-bond acceptors (Lipinski definition) is 5. The Morgan fingerprint density at radius 3 is 2.41 bits per heavy atom. The standard InChI is InChI=1S/C20H28N4O3/c1-20(18(25)23(2)19(26)22-20)14-3-5-15(6-4-14)21-16-7-10-24(11-8-16)17-9-12-27-13-17/h3-6,16-17,21H,7-13H2,1-2H3,(H,22,26). The summed E-state index contributed by atoms with van der Waals surface area (Å²) in [5, 5.41) is 6.39. The summed E-state index contributed by atoms with van der Waals surface area (Å²) in [6.45, 7) is 5.74.